The molecular formula is C13H26N4O2. The van der Waals surface area contributed by atoms with Gasteiger partial charge in [-0.15, -0.1) is 0 Å². The molecule has 0 unspecified atom stereocenters. The van der Waals surface area contributed by atoms with Crippen LogP contribution >= 0.6 is 0 Å². The lowest BCUT2D eigenvalue weighted by molar-refractivity contribution is -0.139. The molecule has 6 heteroatoms. The summed E-state index contributed by atoms with van der Waals surface area (Å²) in [7, 11) is 0. The summed E-state index contributed by atoms with van der Waals surface area (Å²) in [5.74, 6) is -0.132. The van der Waals surface area contributed by atoms with Crippen molar-refractivity contribution < 1.29 is 10.0 Å². The number of piperazine rings is 1. The molecule has 0 aromatic heterocycles. The summed E-state index contributed by atoms with van der Waals surface area (Å²) in [4.78, 5) is 16.6. The molecule has 0 radical (unpaired) electrons. The minimum Gasteiger partial charge on any atom is -0.409 e. The van der Waals surface area contributed by atoms with E-state index >= 15 is 0 Å². The molecular weight excluding hydrogens is 244 g/mol. The maximum absolute atomic E-state index is 12.4. The third-order valence-electron chi connectivity index (χ3n) is 3.80. The molecule has 0 saturated carbocycles. The van der Waals surface area contributed by atoms with Crippen LogP contribution in [-0.4, -0.2) is 58.5 Å². The Balaban J connectivity index is 2.69. The molecule has 1 amide bonds. The van der Waals surface area contributed by atoms with Gasteiger partial charge in [0.05, 0.1) is 0 Å². The van der Waals surface area contributed by atoms with Crippen LogP contribution in [-0.2, 0) is 4.79 Å². The third kappa shape index (κ3) is 3.37. The summed E-state index contributed by atoms with van der Waals surface area (Å²) in [6, 6.07) is 0. The van der Waals surface area contributed by atoms with E-state index in [0.29, 0.717) is 13.1 Å². The normalized spacial score (nSPS) is 19.6. The molecule has 0 aromatic carbocycles. The summed E-state index contributed by atoms with van der Waals surface area (Å²) >= 11 is 0. The summed E-state index contributed by atoms with van der Waals surface area (Å²) in [6.07, 6.45) is 0. The molecule has 0 spiro atoms. The molecule has 0 aromatic rings. The highest BCUT2D eigenvalue weighted by Crippen LogP contribution is 2.22. The highest BCUT2D eigenvalue weighted by atomic mass is 16.4. The van der Waals surface area contributed by atoms with Crippen molar-refractivity contribution in [1.29, 1.82) is 0 Å². The average Bonchev–Trinajstić information content (AvgIpc) is 2.35. The predicted molar refractivity (Wildman–Crippen MR) is 75.1 cm³/mol. The summed E-state index contributed by atoms with van der Waals surface area (Å²) in [6.45, 7) is 12.9. The molecule has 1 heterocycles. The number of hydrogen-bond donors (Lipinski definition) is 2. The van der Waals surface area contributed by atoms with Crippen molar-refractivity contribution in [3.05, 3.63) is 0 Å². The number of carbonyl (C=O) groups is 1. The SMILES string of the molecule is CC(C)(C(=O)N1CCN(C(C)(C)C)CC1)C(N)=NO. The van der Waals surface area contributed by atoms with Crippen molar-refractivity contribution in [3.8, 4) is 0 Å². The second-order valence-electron chi connectivity index (χ2n) is 6.56. The van der Waals surface area contributed by atoms with E-state index in [-0.39, 0.29) is 17.3 Å². The highest BCUT2D eigenvalue weighted by molar-refractivity contribution is 6.05. The lowest BCUT2D eigenvalue weighted by Crippen LogP contribution is -2.58. The summed E-state index contributed by atoms with van der Waals surface area (Å²) < 4.78 is 0. The molecule has 1 aliphatic heterocycles. The number of nitrogens with two attached hydrogens (primary N) is 1. The maximum atomic E-state index is 12.4. The van der Waals surface area contributed by atoms with Gasteiger partial charge in [0.25, 0.3) is 0 Å². The zero-order valence-electron chi connectivity index (χ0n) is 12.6. The van der Waals surface area contributed by atoms with Crippen molar-refractivity contribution in [2.24, 2.45) is 16.3 Å². The number of amidine groups is 1. The summed E-state index contributed by atoms with van der Waals surface area (Å²) in [5, 5.41) is 11.7. The molecule has 0 atom stereocenters. The van der Waals surface area contributed by atoms with Crippen LogP contribution in [0.3, 0.4) is 0 Å². The van der Waals surface area contributed by atoms with Crippen LogP contribution in [0, 0.1) is 5.41 Å². The quantitative estimate of drug-likeness (QED) is 0.335. The Bertz CT molecular complexity index is 363. The molecule has 0 bridgehead atoms. The van der Waals surface area contributed by atoms with E-state index < -0.39 is 5.41 Å². The van der Waals surface area contributed by atoms with Crippen molar-refractivity contribution in [2.45, 2.75) is 40.2 Å². The second-order valence-corrected chi connectivity index (χ2v) is 6.56. The fourth-order valence-corrected chi connectivity index (χ4v) is 2.21. The second kappa shape index (κ2) is 5.36. The van der Waals surface area contributed by atoms with Crippen LogP contribution in [0.5, 0.6) is 0 Å². The number of carbonyl (C=O) groups excluding carboxylic acids is 1. The first-order chi connectivity index (χ1) is 8.60. The van der Waals surface area contributed by atoms with Gasteiger partial charge in [-0.25, -0.2) is 0 Å². The van der Waals surface area contributed by atoms with Crippen LogP contribution in [0.2, 0.25) is 0 Å². The van der Waals surface area contributed by atoms with Gasteiger partial charge in [0.15, 0.2) is 5.84 Å². The first-order valence-corrected chi connectivity index (χ1v) is 6.63. The number of nitrogens with zero attached hydrogens (tertiary/aromatic N) is 3. The number of amides is 1. The van der Waals surface area contributed by atoms with E-state index in [1.807, 2.05) is 0 Å². The van der Waals surface area contributed by atoms with E-state index in [1.165, 1.54) is 0 Å². The topological polar surface area (TPSA) is 82.2 Å². The van der Waals surface area contributed by atoms with Crippen LogP contribution in [0.1, 0.15) is 34.6 Å². The Morgan fingerprint density at radius 1 is 1.11 bits per heavy atom. The Labute approximate surface area is 115 Å². The highest BCUT2D eigenvalue weighted by Gasteiger charge is 2.38. The summed E-state index contributed by atoms with van der Waals surface area (Å²) in [5.41, 5.74) is 4.76. The van der Waals surface area contributed by atoms with Gasteiger partial charge in [-0.2, -0.15) is 0 Å². The van der Waals surface area contributed by atoms with Crippen molar-refractivity contribution >= 4 is 11.7 Å². The molecule has 1 rings (SSSR count). The van der Waals surface area contributed by atoms with E-state index in [0.717, 1.165) is 13.1 Å². The van der Waals surface area contributed by atoms with E-state index in [2.05, 4.69) is 30.8 Å². The van der Waals surface area contributed by atoms with Gasteiger partial charge in [0.2, 0.25) is 5.91 Å². The molecule has 19 heavy (non-hydrogen) atoms. The van der Waals surface area contributed by atoms with Gasteiger partial charge in [-0.05, 0) is 34.6 Å². The number of rotatable bonds is 2. The van der Waals surface area contributed by atoms with E-state index in [1.54, 1.807) is 18.7 Å². The third-order valence-corrected chi connectivity index (χ3v) is 3.80. The van der Waals surface area contributed by atoms with E-state index in [9.17, 15) is 4.79 Å². The molecule has 1 fully saturated rings. The average molecular weight is 270 g/mol. The lowest BCUT2D eigenvalue weighted by atomic mass is 9.89. The minimum absolute atomic E-state index is 0.0456. The Morgan fingerprint density at radius 2 is 1.58 bits per heavy atom. The van der Waals surface area contributed by atoms with E-state index in [4.69, 9.17) is 10.9 Å². The first-order valence-electron chi connectivity index (χ1n) is 6.63. The number of oxime groups is 1. The van der Waals surface area contributed by atoms with Gasteiger partial charge in [0, 0.05) is 31.7 Å². The van der Waals surface area contributed by atoms with Gasteiger partial charge < -0.3 is 15.8 Å². The molecule has 1 aliphatic rings. The Kier molecular flexibility index (Phi) is 4.45. The van der Waals surface area contributed by atoms with Crippen LogP contribution in [0.15, 0.2) is 5.16 Å². The lowest BCUT2D eigenvalue weighted by Gasteiger charge is -2.43. The monoisotopic (exact) mass is 270 g/mol. The molecule has 110 valence electrons. The van der Waals surface area contributed by atoms with Gasteiger partial charge in [0.1, 0.15) is 5.41 Å². The predicted octanol–water partition coefficient (Wildman–Crippen LogP) is 0.702. The van der Waals surface area contributed by atoms with Crippen LogP contribution < -0.4 is 5.73 Å². The van der Waals surface area contributed by atoms with Crippen molar-refractivity contribution in [3.63, 3.8) is 0 Å². The Morgan fingerprint density at radius 3 is 1.95 bits per heavy atom. The van der Waals surface area contributed by atoms with Crippen molar-refractivity contribution in [2.75, 3.05) is 26.2 Å². The minimum atomic E-state index is -0.960. The van der Waals surface area contributed by atoms with Gasteiger partial charge in [-0.3, -0.25) is 9.69 Å². The largest absolute Gasteiger partial charge is 0.409 e. The van der Waals surface area contributed by atoms with Gasteiger partial charge >= 0.3 is 0 Å². The van der Waals surface area contributed by atoms with Crippen LogP contribution in [0.4, 0.5) is 0 Å². The van der Waals surface area contributed by atoms with Crippen LogP contribution in [0.25, 0.3) is 0 Å². The Hall–Kier alpha value is -1.30. The number of hydrogen-bond acceptors (Lipinski definition) is 4. The zero-order chi connectivity index (χ0) is 14.8. The van der Waals surface area contributed by atoms with Crippen molar-refractivity contribution in [1.82, 2.24) is 9.80 Å². The fraction of sp³-hybridized carbons (Fsp3) is 0.846. The molecule has 1 saturated heterocycles. The standard InChI is InChI=1S/C13H26N4O2/c1-12(2,3)17-8-6-16(7-9-17)11(18)13(4,5)10(14)15-19/h19H,6-9H2,1-5H3,(H2,14,15). The molecule has 3 N–H and O–H groups in total. The zero-order valence-corrected chi connectivity index (χ0v) is 12.6. The molecule has 0 aliphatic carbocycles. The first kappa shape index (κ1) is 15.8. The van der Waals surface area contributed by atoms with Gasteiger partial charge in [-0.1, -0.05) is 5.16 Å². The molecule has 6 nitrogen and oxygen atoms in total. The fourth-order valence-electron chi connectivity index (χ4n) is 2.21. The maximum Gasteiger partial charge on any atom is 0.236 e. The smallest absolute Gasteiger partial charge is 0.236 e.